The lowest BCUT2D eigenvalue weighted by Gasteiger charge is -1.97. The van der Waals surface area contributed by atoms with E-state index in [0.717, 1.165) is 11.5 Å². The van der Waals surface area contributed by atoms with Crippen LogP contribution in [0.2, 0.25) is 0 Å². The Kier molecular flexibility index (Phi) is 13.4. The maximum atomic E-state index is 5.61. The van der Waals surface area contributed by atoms with Crippen molar-refractivity contribution < 1.29 is 0 Å². The zero-order valence-electron chi connectivity index (χ0n) is 9.12. The van der Waals surface area contributed by atoms with Crippen LogP contribution in [-0.4, -0.2) is 16.6 Å². The molecule has 0 unspecified atom stereocenters. The molecule has 0 aromatic carbocycles. The highest BCUT2D eigenvalue weighted by Gasteiger charge is 1.92. The van der Waals surface area contributed by atoms with Gasteiger partial charge >= 0.3 is 0 Å². The Labute approximate surface area is 108 Å². The van der Waals surface area contributed by atoms with E-state index in [1.807, 2.05) is 13.8 Å². The van der Waals surface area contributed by atoms with Crippen LogP contribution in [0, 0.1) is 0 Å². The Morgan fingerprint density at radius 1 is 1.21 bits per heavy atom. The molecule has 0 heterocycles. The number of hydrogen-bond donors (Lipinski definition) is 1. The van der Waals surface area contributed by atoms with Crippen LogP contribution < -0.4 is 5.73 Å². The van der Waals surface area contributed by atoms with Gasteiger partial charge in [0, 0.05) is 11.5 Å². The maximum absolute atomic E-state index is 5.61. The first-order chi connectivity index (χ1) is 6.16. The Bertz CT molecular complexity index is 188. The summed E-state index contributed by atoms with van der Waals surface area (Å²) in [6.45, 7) is 5.99. The molecule has 0 radical (unpaired) electrons. The molecule has 0 bridgehead atoms. The smallest absolute Gasteiger partial charge is 0.180 e. The summed E-state index contributed by atoms with van der Waals surface area (Å²) in [5, 5.41) is 8.32. The van der Waals surface area contributed by atoms with E-state index in [1.165, 1.54) is 19.3 Å². The van der Waals surface area contributed by atoms with E-state index >= 15 is 0 Å². The average molecular weight is 329 g/mol. The molecular weight excluding hydrogens is 309 g/mol. The van der Waals surface area contributed by atoms with E-state index < -0.39 is 0 Å². The van der Waals surface area contributed by atoms with Crippen LogP contribution in [0.1, 0.15) is 40.0 Å². The first kappa shape index (κ1) is 16.6. The van der Waals surface area contributed by atoms with Gasteiger partial charge in [-0.2, -0.15) is 5.10 Å². The summed E-state index contributed by atoms with van der Waals surface area (Å²) in [5.74, 6) is 1.04. The quantitative estimate of drug-likeness (QED) is 0.277. The first-order valence-electron chi connectivity index (χ1n) is 4.64. The van der Waals surface area contributed by atoms with Gasteiger partial charge in [-0.25, -0.2) is 0 Å². The fourth-order valence-electron chi connectivity index (χ4n) is 0.707. The molecule has 0 spiro atoms. The highest BCUT2D eigenvalue weighted by atomic mass is 127. The molecule has 0 rings (SSSR count). The van der Waals surface area contributed by atoms with Gasteiger partial charge in [-0.3, -0.25) is 0 Å². The summed E-state index contributed by atoms with van der Waals surface area (Å²) in [5.41, 5.74) is 6.54. The minimum atomic E-state index is 0. The molecule has 0 aliphatic rings. The van der Waals surface area contributed by atoms with E-state index in [0.29, 0.717) is 5.17 Å². The molecule has 0 aliphatic carbocycles. The average Bonchev–Trinajstić information content (AvgIpc) is 2.09. The predicted molar refractivity (Wildman–Crippen MR) is 77.8 cm³/mol. The van der Waals surface area contributed by atoms with Crippen LogP contribution in [0.5, 0.6) is 0 Å². The standard InChI is InChI=1S/C9H19N3S.HI/c1-4-5-6-7-13-9(10)12-11-8(2)3;/h4-7H2,1-3H3,(H2,10,12);1H. The molecule has 0 amide bonds. The number of halogens is 1. The summed E-state index contributed by atoms with van der Waals surface area (Å²) < 4.78 is 0. The van der Waals surface area contributed by atoms with Crippen molar-refractivity contribution in [3.05, 3.63) is 0 Å². The minimum Gasteiger partial charge on any atom is -0.377 e. The van der Waals surface area contributed by atoms with Crippen LogP contribution in [0.3, 0.4) is 0 Å². The molecule has 0 fully saturated rings. The van der Waals surface area contributed by atoms with Crippen LogP contribution in [-0.2, 0) is 0 Å². The largest absolute Gasteiger partial charge is 0.377 e. The topological polar surface area (TPSA) is 50.7 Å². The second kappa shape index (κ2) is 11.3. The van der Waals surface area contributed by atoms with Crippen LogP contribution in [0.4, 0.5) is 0 Å². The Balaban J connectivity index is 0. The molecular formula is C9H20IN3S. The van der Waals surface area contributed by atoms with Crippen molar-refractivity contribution >= 4 is 46.6 Å². The lowest BCUT2D eigenvalue weighted by atomic mass is 10.3. The lowest BCUT2D eigenvalue weighted by Crippen LogP contribution is -2.06. The molecule has 84 valence electrons. The predicted octanol–water partition coefficient (Wildman–Crippen LogP) is 3.24. The molecule has 0 aromatic rings. The van der Waals surface area contributed by atoms with Crippen LogP contribution in [0.15, 0.2) is 10.2 Å². The van der Waals surface area contributed by atoms with Gasteiger partial charge in [-0.15, -0.1) is 29.1 Å². The third-order valence-corrected chi connectivity index (χ3v) is 2.22. The first-order valence-corrected chi connectivity index (χ1v) is 5.62. The molecule has 14 heavy (non-hydrogen) atoms. The Morgan fingerprint density at radius 2 is 1.86 bits per heavy atom. The van der Waals surface area contributed by atoms with Gasteiger partial charge in [0.15, 0.2) is 5.17 Å². The molecule has 0 aromatic heterocycles. The second-order valence-electron chi connectivity index (χ2n) is 3.04. The van der Waals surface area contributed by atoms with Crippen molar-refractivity contribution in [2.75, 3.05) is 5.75 Å². The number of rotatable bonds is 5. The van der Waals surface area contributed by atoms with Crippen molar-refractivity contribution in [2.24, 2.45) is 15.9 Å². The van der Waals surface area contributed by atoms with Gasteiger partial charge in [0.25, 0.3) is 0 Å². The zero-order valence-corrected chi connectivity index (χ0v) is 12.3. The van der Waals surface area contributed by atoms with E-state index in [4.69, 9.17) is 5.73 Å². The number of hydrogen-bond acceptors (Lipinski definition) is 3. The molecule has 0 saturated heterocycles. The minimum absolute atomic E-state index is 0. The van der Waals surface area contributed by atoms with Gasteiger partial charge in [0.05, 0.1) is 0 Å². The van der Waals surface area contributed by atoms with Crippen LogP contribution >= 0.6 is 35.7 Å². The van der Waals surface area contributed by atoms with Crippen molar-refractivity contribution in [3.63, 3.8) is 0 Å². The van der Waals surface area contributed by atoms with E-state index in [-0.39, 0.29) is 24.0 Å². The summed E-state index contributed by atoms with van der Waals surface area (Å²) >= 11 is 1.58. The second-order valence-corrected chi connectivity index (χ2v) is 4.16. The lowest BCUT2D eigenvalue weighted by molar-refractivity contribution is 0.779. The van der Waals surface area contributed by atoms with E-state index in [9.17, 15) is 0 Å². The van der Waals surface area contributed by atoms with Crippen molar-refractivity contribution in [2.45, 2.75) is 40.0 Å². The zero-order chi connectivity index (χ0) is 10.1. The number of nitrogens with two attached hydrogens (primary N) is 1. The number of amidine groups is 1. The molecule has 0 atom stereocenters. The van der Waals surface area contributed by atoms with Gasteiger partial charge < -0.3 is 5.73 Å². The summed E-state index contributed by atoms with van der Waals surface area (Å²) in [4.78, 5) is 0. The monoisotopic (exact) mass is 329 g/mol. The third-order valence-electron chi connectivity index (χ3n) is 1.35. The molecule has 0 saturated carbocycles. The fraction of sp³-hybridized carbons (Fsp3) is 0.778. The van der Waals surface area contributed by atoms with Gasteiger partial charge in [0.1, 0.15) is 0 Å². The molecule has 0 aliphatic heterocycles. The molecule has 3 nitrogen and oxygen atoms in total. The summed E-state index contributed by atoms with van der Waals surface area (Å²) in [6, 6.07) is 0. The fourth-order valence-corrected chi connectivity index (χ4v) is 1.36. The van der Waals surface area contributed by atoms with Crippen LogP contribution in [0.25, 0.3) is 0 Å². The number of unbranched alkanes of at least 4 members (excludes halogenated alkanes) is 2. The summed E-state index contributed by atoms with van der Waals surface area (Å²) in [7, 11) is 0. The van der Waals surface area contributed by atoms with E-state index in [1.54, 1.807) is 11.8 Å². The van der Waals surface area contributed by atoms with Crippen molar-refractivity contribution in [3.8, 4) is 0 Å². The Hall–Kier alpha value is 0.220. The van der Waals surface area contributed by atoms with Crippen molar-refractivity contribution in [1.82, 2.24) is 0 Å². The van der Waals surface area contributed by atoms with Crippen molar-refractivity contribution in [1.29, 1.82) is 0 Å². The number of thioether (sulfide) groups is 1. The Morgan fingerprint density at radius 3 is 2.36 bits per heavy atom. The van der Waals surface area contributed by atoms with Gasteiger partial charge in [0.2, 0.25) is 0 Å². The molecule has 5 heteroatoms. The molecule has 2 N–H and O–H groups in total. The van der Waals surface area contributed by atoms with Gasteiger partial charge in [-0.05, 0) is 20.3 Å². The third kappa shape index (κ3) is 12.2. The highest BCUT2D eigenvalue weighted by molar-refractivity contribution is 14.0. The normalized spacial score (nSPS) is 10.6. The van der Waals surface area contributed by atoms with E-state index in [2.05, 4.69) is 17.1 Å². The summed E-state index contributed by atoms with van der Waals surface area (Å²) in [6.07, 6.45) is 3.70. The highest BCUT2D eigenvalue weighted by Crippen LogP contribution is 2.05. The number of nitrogens with zero attached hydrogens (tertiary/aromatic N) is 2. The van der Waals surface area contributed by atoms with Gasteiger partial charge in [-0.1, -0.05) is 31.5 Å². The SMILES string of the molecule is CCCCCS/C(N)=N/N=C(C)C.I. The maximum Gasteiger partial charge on any atom is 0.180 e.